The molecule has 0 aliphatic heterocycles. The van der Waals surface area contributed by atoms with Crippen LogP contribution in [-0.2, 0) is 11.3 Å². The van der Waals surface area contributed by atoms with Crippen LogP contribution in [0.5, 0.6) is 0 Å². The first kappa shape index (κ1) is 21.5. The van der Waals surface area contributed by atoms with Gasteiger partial charge in [0, 0.05) is 31.5 Å². The Kier molecular flexibility index (Phi) is 6.19. The number of tetrazole rings is 1. The van der Waals surface area contributed by atoms with E-state index in [2.05, 4.69) is 25.8 Å². The van der Waals surface area contributed by atoms with Gasteiger partial charge in [-0.1, -0.05) is 0 Å². The molecule has 32 heavy (non-hydrogen) atoms. The topological polar surface area (TPSA) is 120 Å². The van der Waals surface area contributed by atoms with Crippen LogP contribution in [0.2, 0.25) is 0 Å². The van der Waals surface area contributed by atoms with E-state index in [1.807, 2.05) is 19.1 Å². The Morgan fingerprint density at radius 2 is 2.09 bits per heavy atom. The number of aromatic nitrogens is 6. The summed E-state index contributed by atoms with van der Waals surface area (Å²) < 4.78 is 8.41. The van der Waals surface area contributed by atoms with E-state index in [1.165, 1.54) is 10.9 Å². The van der Waals surface area contributed by atoms with E-state index < -0.39 is 0 Å². The Morgan fingerprint density at radius 1 is 1.25 bits per heavy atom. The molecule has 2 heterocycles. The summed E-state index contributed by atoms with van der Waals surface area (Å²) >= 11 is 5.34. The quantitative estimate of drug-likeness (QED) is 0.327. The average Bonchev–Trinajstić information content (AvgIpc) is 3.30. The third-order valence-corrected chi connectivity index (χ3v) is 5.35. The molecule has 0 radical (unpaired) electrons. The van der Waals surface area contributed by atoms with Crippen LogP contribution in [0.15, 0.2) is 47.5 Å². The summed E-state index contributed by atoms with van der Waals surface area (Å²) in [6, 6.07) is 10.3. The fraction of sp³-hybridized carbons (Fsp3) is 0.238. The SMILES string of the molecule is COCCCn1c(=S)[nH]c2cc(C(=O)Nc3ccc(-n4cnnn4)c(C)c3)ccc2c1=O. The summed E-state index contributed by atoms with van der Waals surface area (Å²) in [4.78, 5) is 28.7. The predicted octanol–water partition coefficient (Wildman–Crippen LogP) is 2.63. The molecule has 10 nitrogen and oxygen atoms in total. The first-order valence-electron chi connectivity index (χ1n) is 9.89. The summed E-state index contributed by atoms with van der Waals surface area (Å²) in [7, 11) is 1.61. The second kappa shape index (κ2) is 9.20. The maximum atomic E-state index is 12.8. The summed E-state index contributed by atoms with van der Waals surface area (Å²) in [5.41, 5.74) is 3.06. The number of anilines is 1. The molecule has 0 fully saturated rings. The lowest BCUT2D eigenvalue weighted by Crippen LogP contribution is -2.23. The standard InChI is InChI=1S/C21H21N7O3S/c1-13-10-15(5-7-18(13)28-12-22-25-26-28)23-19(29)14-4-6-16-17(11-14)24-21(32)27(20(16)30)8-3-9-31-2/h4-7,10-12H,3,8-9H2,1-2H3,(H,23,29)(H,24,32). The molecular weight excluding hydrogens is 430 g/mol. The fourth-order valence-corrected chi connectivity index (χ4v) is 3.72. The number of benzene rings is 2. The minimum atomic E-state index is -0.301. The van der Waals surface area contributed by atoms with Gasteiger partial charge in [-0.2, -0.15) is 0 Å². The fourth-order valence-electron chi connectivity index (χ4n) is 3.43. The summed E-state index contributed by atoms with van der Waals surface area (Å²) in [6.07, 6.45) is 2.18. The van der Waals surface area contributed by atoms with Crippen molar-refractivity contribution in [1.82, 2.24) is 29.8 Å². The molecule has 4 rings (SSSR count). The van der Waals surface area contributed by atoms with Crippen molar-refractivity contribution in [2.45, 2.75) is 19.9 Å². The molecule has 2 N–H and O–H groups in total. The van der Waals surface area contributed by atoms with E-state index in [9.17, 15) is 9.59 Å². The van der Waals surface area contributed by atoms with Crippen LogP contribution in [-0.4, -0.2) is 49.4 Å². The number of amides is 1. The minimum Gasteiger partial charge on any atom is -0.385 e. The molecule has 164 valence electrons. The number of hydrogen-bond acceptors (Lipinski definition) is 7. The molecule has 0 atom stereocenters. The number of carbonyl (C=O) groups excluding carboxylic acids is 1. The average molecular weight is 452 g/mol. The van der Waals surface area contributed by atoms with Crippen molar-refractivity contribution < 1.29 is 9.53 Å². The lowest BCUT2D eigenvalue weighted by Gasteiger charge is -2.11. The normalized spacial score (nSPS) is 11.1. The van der Waals surface area contributed by atoms with Gasteiger partial charge < -0.3 is 15.0 Å². The molecule has 4 aromatic rings. The van der Waals surface area contributed by atoms with Crippen molar-refractivity contribution in [3.63, 3.8) is 0 Å². The highest BCUT2D eigenvalue weighted by molar-refractivity contribution is 7.71. The van der Waals surface area contributed by atoms with E-state index in [0.29, 0.717) is 46.5 Å². The van der Waals surface area contributed by atoms with E-state index in [1.54, 1.807) is 36.1 Å². The molecule has 0 saturated heterocycles. The zero-order valence-electron chi connectivity index (χ0n) is 17.5. The van der Waals surface area contributed by atoms with Gasteiger partial charge in [0.2, 0.25) is 0 Å². The van der Waals surface area contributed by atoms with Gasteiger partial charge in [0.15, 0.2) is 4.77 Å². The molecule has 0 aliphatic rings. The Balaban J connectivity index is 1.58. The molecule has 0 aliphatic carbocycles. The van der Waals surface area contributed by atoms with E-state index in [-0.39, 0.29) is 11.5 Å². The van der Waals surface area contributed by atoms with Gasteiger partial charge in [-0.05, 0) is 78.0 Å². The number of hydrogen-bond donors (Lipinski definition) is 2. The summed E-state index contributed by atoms with van der Waals surface area (Å²) in [5, 5.41) is 14.5. The monoisotopic (exact) mass is 451 g/mol. The minimum absolute atomic E-state index is 0.194. The van der Waals surface area contributed by atoms with Crippen LogP contribution < -0.4 is 10.9 Å². The van der Waals surface area contributed by atoms with Gasteiger partial charge in [-0.15, -0.1) is 5.10 Å². The third-order valence-electron chi connectivity index (χ3n) is 5.02. The third kappa shape index (κ3) is 4.34. The second-order valence-electron chi connectivity index (χ2n) is 7.20. The van der Waals surface area contributed by atoms with Gasteiger partial charge in [0.05, 0.1) is 16.6 Å². The molecule has 0 unspecified atom stereocenters. The van der Waals surface area contributed by atoms with Gasteiger partial charge in [0.1, 0.15) is 6.33 Å². The van der Waals surface area contributed by atoms with Crippen molar-refractivity contribution in [3.05, 3.63) is 69.0 Å². The van der Waals surface area contributed by atoms with E-state index >= 15 is 0 Å². The zero-order chi connectivity index (χ0) is 22.7. The number of aryl methyl sites for hydroxylation is 1. The molecule has 2 aromatic heterocycles. The molecule has 2 aromatic carbocycles. The maximum absolute atomic E-state index is 12.8. The van der Waals surface area contributed by atoms with Crippen LogP contribution in [0, 0.1) is 11.7 Å². The highest BCUT2D eigenvalue weighted by Gasteiger charge is 2.12. The van der Waals surface area contributed by atoms with Crippen LogP contribution in [0.4, 0.5) is 5.69 Å². The van der Waals surface area contributed by atoms with Crippen LogP contribution in [0.1, 0.15) is 22.3 Å². The second-order valence-corrected chi connectivity index (χ2v) is 7.59. The van der Waals surface area contributed by atoms with Gasteiger partial charge in [-0.25, -0.2) is 4.68 Å². The number of H-pyrrole nitrogens is 1. The molecule has 11 heteroatoms. The number of rotatable bonds is 7. The predicted molar refractivity (Wildman–Crippen MR) is 122 cm³/mol. The summed E-state index contributed by atoms with van der Waals surface area (Å²) in [5.74, 6) is -0.301. The lowest BCUT2D eigenvalue weighted by atomic mass is 10.1. The first-order valence-corrected chi connectivity index (χ1v) is 10.3. The smallest absolute Gasteiger partial charge is 0.262 e. The van der Waals surface area contributed by atoms with Gasteiger partial charge >= 0.3 is 0 Å². The van der Waals surface area contributed by atoms with E-state index in [0.717, 1.165) is 11.3 Å². The van der Waals surface area contributed by atoms with Crippen LogP contribution >= 0.6 is 12.2 Å². The number of aromatic amines is 1. The maximum Gasteiger partial charge on any atom is 0.262 e. The van der Waals surface area contributed by atoms with E-state index in [4.69, 9.17) is 17.0 Å². The number of nitrogens with zero attached hydrogens (tertiary/aromatic N) is 5. The highest BCUT2D eigenvalue weighted by Crippen LogP contribution is 2.19. The molecule has 0 saturated carbocycles. The molecule has 0 bridgehead atoms. The largest absolute Gasteiger partial charge is 0.385 e. The first-order chi connectivity index (χ1) is 15.5. The van der Waals surface area contributed by atoms with Crippen molar-refractivity contribution >= 4 is 34.7 Å². The number of nitrogens with one attached hydrogen (secondary N) is 2. The number of ether oxygens (including phenoxy) is 1. The van der Waals surface area contributed by atoms with Crippen LogP contribution in [0.3, 0.4) is 0 Å². The van der Waals surface area contributed by atoms with Crippen LogP contribution in [0.25, 0.3) is 16.6 Å². The highest BCUT2D eigenvalue weighted by atomic mass is 32.1. The Bertz CT molecular complexity index is 1390. The molecule has 1 amide bonds. The lowest BCUT2D eigenvalue weighted by molar-refractivity contribution is 0.102. The molecule has 0 spiro atoms. The number of carbonyl (C=O) groups is 1. The molecular formula is C21H21N7O3S. The Morgan fingerprint density at radius 3 is 2.81 bits per heavy atom. The van der Waals surface area contributed by atoms with Crippen molar-refractivity contribution in [1.29, 1.82) is 0 Å². The van der Waals surface area contributed by atoms with Crippen molar-refractivity contribution in [2.75, 3.05) is 19.0 Å². The summed E-state index contributed by atoms with van der Waals surface area (Å²) in [6.45, 7) is 2.90. The number of fused-ring (bicyclic) bond motifs is 1. The number of methoxy groups -OCH3 is 1. The van der Waals surface area contributed by atoms with Crippen molar-refractivity contribution in [2.24, 2.45) is 0 Å². The van der Waals surface area contributed by atoms with Gasteiger partial charge in [0.25, 0.3) is 11.5 Å². The van der Waals surface area contributed by atoms with Crippen molar-refractivity contribution in [3.8, 4) is 5.69 Å². The van der Waals surface area contributed by atoms with Gasteiger partial charge in [-0.3, -0.25) is 14.2 Å². The Labute approximate surface area is 187 Å². The Hall–Kier alpha value is -3.70. The zero-order valence-corrected chi connectivity index (χ0v) is 18.3.